The van der Waals surface area contributed by atoms with Gasteiger partial charge in [-0.05, 0) is 73.5 Å². The molecule has 2 aromatic rings. The van der Waals surface area contributed by atoms with Crippen molar-refractivity contribution in [3.05, 3.63) is 53.9 Å². The average Bonchev–Trinajstić information content (AvgIpc) is 2.76. The Kier molecular flexibility index (Phi) is 5.71. The highest BCUT2D eigenvalue weighted by molar-refractivity contribution is 5.65. The number of alkyl halides is 3. The highest BCUT2D eigenvalue weighted by Gasteiger charge is 2.52. The average molecular weight is 416 g/mol. The molecule has 160 valence electrons. The minimum absolute atomic E-state index is 0.446. The molecule has 6 heteroatoms. The Hall–Kier alpha value is -2.21. The van der Waals surface area contributed by atoms with Crippen LogP contribution in [0.5, 0.6) is 0 Å². The summed E-state index contributed by atoms with van der Waals surface area (Å²) in [6.45, 7) is 1.26. The number of carbonyl (C=O) groups excluding carboxylic acids is 1. The second kappa shape index (κ2) is 8.14. The van der Waals surface area contributed by atoms with Gasteiger partial charge in [-0.25, -0.2) is 0 Å². The molecule has 0 N–H and O–H groups in total. The number of carbonyl (C=O) groups is 1. The molecule has 0 spiro atoms. The van der Waals surface area contributed by atoms with Crippen molar-refractivity contribution in [2.24, 2.45) is 5.92 Å². The Morgan fingerprint density at radius 1 is 1.17 bits per heavy atom. The van der Waals surface area contributed by atoms with Gasteiger partial charge >= 0.3 is 6.18 Å². The van der Waals surface area contributed by atoms with E-state index in [0.29, 0.717) is 5.41 Å². The number of likely N-dealkylation sites (tertiary alicyclic amines) is 1. The molecule has 3 atom stereocenters. The van der Waals surface area contributed by atoms with Crippen molar-refractivity contribution in [2.45, 2.75) is 56.2 Å². The molecule has 3 nitrogen and oxygen atoms in total. The zero-order valence-corrected chi connectivity index (χ0v) is 17.2. The number of hydrogen-bond acceptors (Lipinski definition) is 3. The van der Waals surface area contributed by atoms with Gasteiger partial charge < -0.3 is 4.90 Å². The van der Waals surface area contributed by atoms with Gasteiger partial charge in [-0.1, -0.05) is 37.1 Å². The summed E-state index contributed by atoms with van der Waals surface area (Å²) in [7, 11) is 2.35. The van der Waals surface area contributed by atoms with Crippen LogP contribution in [0.4, 0.5) is 13.2 Å². The molecule has 0 amide bonds. The minimum Gasteiger partial charge on any atom is -0.303 e. The lowest BCUT2D eigenvalue weighted by Crippen LogP contribution is -2.59. The summed E-state index contributed by atoms with van der Waals surface area (Å²) in [6.07, 6.45) is 6.39. The van der Waals surface area contributed by atoms with E-state index in [9.17, 15) is 13.2 Å². The molecule has 2 fully saturated rings. The molecule has 5 rings (SSSR count). The molecule has 2 aliphatic carbocycles. The summed E-state index contributed by atoms with van der Waals surface area (Å²) in [5.74, 6) is 0.863. The Morgan fingerprint density at radius 3 is 2.67 bits per heavy atom. The second-order valence-electron chi connectivity index (χ2n) is 8.78. The summed E-state index contributed by atoms with van der Waals surface area (Å²) in [6, 6.07) is 12.2. The number of rotatable bonds is 1. The molecule has 1 unspecified atom stereocenters. The van der Waals surface area contributed by atoms with Gasteiger partial charge in [0, 0.05) is 23.9 Å². The summed E-state index contributed by atoms with van der Waals surface area (Å²) in [4.78, 5) is 15.7. The molecule has 1 aliphatic heterocycles. The second-order valence-corrected chi connectivity index (χ2v) is 8.78. The molecule has 3 aliphatic rings. The van der Waals surface area contributed by atoms with Crippen LogP contribution in [0.1, 0.15) is 43.2 Å². The molecule has 30 heavy (non-hydrogen) atoms. The van der Waals surface area contributed by atoms with Crippen molar-refractivity contribution in [1.29, 1.82) is 0 Å². The maximum absolute atomic E-state index is 10.4. The number of aromatic nitrogens is 1. The van der Waals surface area contributed by atoms with Crippen LogP contribution in [0.25, 0.3) is 11.1 Å². The third kappa shape index (κ3) is 3.89. The predicted octanol–water partition coefficient (Wildman–Crippen LogP) is 5.18. The van der Waals surface area contributed by atoms with Crippen LogP contribution >= 0.6 is 0 Å². The Morgan fingerprint density at radius 2 is 1.97 bits per heavy atom. The number of pyridine rings is 1. The first-order valence-corrected chi connectivity index (χ1v) is 10.6. The maximum Gasteiger partial charge on any atom is 0.446 e. The fourth-order valence-corrected chi connectivity index (χ4v) is 5.91. The number of benzene rings is 1. The molecule has 1 aromatic heterocycles. The number of nitrogens with zero attached hydrogens (tertiary/aromatic N) is 2. The lowest BCUT2D eigenvalue weighted by Gasteiger charge is -2.58. The van der Waals surface area contributed by atoms with Crippen LogP contribution in [0.15, 0.2) is 42.7 Å². The number of likely N-dealkylation sites (N-methyl/N-ethyl adjacent to an activating group) is 1. The first-order valence-electron chi connectivity index (χ1n) is 10.6. The molecule has 0 radical (unpaired) electrons. The summed E-state index contributed by atoms with van der Waals surface area (Å²) < 4.78 is 31.2. The van der Waals surface area contributed by atoms with Gasteiger partial charge in [-0.15, -0.1) is 0 Å². The van der Waals surface area contributed by atoms with Crippen LogP contribution in [0, 0.1) is 5.92 Å². The van der Waals surface area contributed by atoms with Crippen molar-refractivity contribution in [1.82, 2.24) is 9.88 Å². The number of piperidine rings is 1. The molecule has 1 aromatic carbocycles. The van der Waals surface area contributed by atoms with E-state index in [-0.39, 0.29) is 0 Å². The normalized spacial score (nSPS) is 27.9. The topological polar surface area (TPSA) is 33.2 Å². The molecule has 1 saturated heterocycles. The Balaban J connectivity index is 0.000000322. The largest absolute Gasteiger partial charge is 0.446 e. The van der Waals surface area contributed by atoms with Gasteiger partial charge in [0.2, 0.25) is 6.29 Å². The van der Waals surface area contributed by atoms with E-state index in [1.165, 1.54) is 56.2 Å². The fraction of sp³-hybridized carbons (Fsp3) is 0.500. The van der Waals surface area contributed by atoms with Crippen LogP contribution in [0.2, 0.25) is 0 Å². The summed E-state index contributed by atoms with van der Waals surface area (Å²) >= 11 is 0. The number of hydrogen-bond donors (Lipinski definition) is 0. The van der Waals surface area contributed by atoms with E-state index in [0.717, 1.165) is 12.0 Å². The molecular formula is C24H27F3N2O. The third-order valence-corrected chi connectivity index (χ3v) is 7.24. The van der Waals surface area contributed by atoms with Gasteiger partial charge in [0.15, 0.2) is 0 Å². The van der Waals surface area contributed by atoms with E-state index in [1.807, 2.05) is 18.5 Å². The summed E-state index contributed by atoms with van der Waals surface area (Å²) in [5, 5.41) is 0. The van der Waals surface area contributed by atoms with E-state index < -0.39 is 12.5 Å². The Bertz CT molecular complexity index is 899. The van der Waals surface area contributed by atoms with Gasteiger partial charge in [-0.2, -0.15) is 13.2 Å². The quantitative estimate of drug-likeness (QED) is 0.601. The molecule has 2 heterocycles. The standard InChI is InChI=1S/C22H26N2.C2HF3O/c1-24-12-10-22-9-3-2-6-19(22)21(24)14-17-8-7-16(13-20(17)22)18-5-4-11-23-15-18;3-2(4,5)1-6/h4-5,7-8,11,13,15,19,21H,2-3,6,9-10,12,14H2,1H3;1H/t19-,21-,22?;/m1./s1. The first-order chi connectivity index (χ1) is 14.3. The van der Waals surface area contributed by atoms with E-state index in [1.54, 1.807) is 11.1 Å². The van der Waals surface area contributed by atoms with Crippen molar-refractivity contribution >= 4 is 6.29 Å². The van der Waals surface area contributed by atoms with Gasteiger partial charge in [0.25, 0.3) is 0 Å². The monoisotopic (exact) mass is 416 g/mol. The lowest BCUT2D eigenvalue weighted by molar-refractivity contribution is -0.156. The van der Waals surface area contributed by atoms with Crippen molar-refractivity contribution in [3.63, 3.8) is 0 Å². The van der Waals surface area contributed by atoms with Crippen molar-refractivity contribution < 1.29 is 18.0 Å². The molecule has 2 bridgehead atoms. The van der Waals surface area contributed by atoms with Crippen LogP contribution in [-0.2, 0) is 16.6 Å². The van der Waals surface area contributed by atoms with Gasteiger partial charge in [0.1, 0.15) is 0 Å². The van der Waals surface area contributed by atoms with Crippen molar-refractivity contribution in [2.75, 3.05) is 13.6 Å². The highest BCUT2D eigenvalue weighted by atomic mass is 19.4. The minimum atomic E-state index is -4.64. The van der Waals surface area contributed by atoms with E-state index >= 15 is 0 Å². The summed E-state index contributed by atoms with van der Waals surface area (Å²) in [5.41, 5.74) is 6.33. The highest BCUT2D eigenvalue weighted by Crippen LogP contribution is 2.55. The van der Waals surface area contributed by atoms with E-state index in [2.05, 4.69) is 41.2 Å². The lowest BCUT2D eigenvalue weighted by atomic mass is 9.52. The predicted molar refractivity (Wildman–Crippen MR) is 110 cm³/mol. The van der Waals surface area contributed by atoms with Crippen molar-refractivity contribution in [3.8, 4) is 11.1 Å². The molecule has 1 saturated carbocycles. The smallest absolute Gasteiger partial charge is 0.303 e. The third-order valence-electron chi connectivity index (χ3n) is 7.24. The number of fused-ring (bicyclic) bond motifs is 1. The number of aldehydes is 1. The zero-order valence-electron chi connectivity index (χ0n) is 17.2. The maximum atomic E-state index is 10.4. The SMILES string of the molecule is CN1CCC23CCCC[C@@H]2[C@H]1Cc1ccc(-c2cccnc2)cc13.O=CC(F)(F)F. The first kappa shape index (κ1) is 21.0. The van der Waals surface area contributed by atoms with E-state index in [4.69, 9.17) is 4.79 Å². The van der Waals surface area contributed by atoms with Crippen LogP contribution < -0.4 is 0 Å². The van der Waals surface area contributed by atoms with Crippen LogP contribution in [0.3, 0.4) is 0 Å². The van der Waals surface area contributed by atoms with Gasteiger partial charge in [0.05, 0.1) is 0 Å². The Labute approximate surface area is 175 Å². The number of halogens is 3. The fourth-order valence-electron chi connectivity index (χ4n) is 5.91. The molecular weight excluding hydrogens is 389 g/mol. The van der Waals surface area contributed by atoms with Crippen LogP contribution in [-0.4, -0.2) is 42.0 Å². The van der Waals surface area contributed by atoms with Gasteiger partial charge in [-0.3, -0.25) is 9.78 Å². The zero-order chi connectivity index (χ0) is 21.4.